The molecule has 1 saturated heterocycles. The highest BCUT2D eigenvalue weighted by molar-refractivity contribution is 7.10. The Morgan fingerprint density at radius 2 is 2.60 bits per heavy atom. The van der Waals surface area contributed by atoms with Crippen LogP contribution in [0.3, 0.4) is 0 Å². The summed E-state index contributed by atoms with van der Waals surface area (Å²) in [5.41, 5.74) is 0. The van der Waals surface area contributed by atoms with Crippen LogP contribution in [0.4, 0.5) is 0 Å². The predicted molar refractivity (Wildman–Crippen MR) is 61.9 cm³/mol. The Balaban J connectivity index is 1.88. The molecule has 2 heterocycles. The van der Waals surface area contributed by atoms with E-state index in [9.17, 15) is 4.79 Å². The largest absolute Gasteiger partial charge is 0.348 e. The van der Waals surface area contributed by atoms with Crippen molar-refractivity contribution in [2.75, 3.05) is 13.1 Å². The van der Waals surface area contributed by atoms with Crippen molar-refractivity contribution in [3.63, 3.8) is 0 Å². The van der Waals surface area contributed by atoms with Crippen LogP contribution in [0.1, 0.15) is 24.3 Å². The van der Waals surface area contributed by atoms with Crippen LogP contribution in [0.5, 0.6) is 0 Å². The maximum absolute atomic E-state index is 11.8. The highest BCUT2D eigenvalue weighted by Gasteiger charge is 2.23. The zero-order chi connectivity index (χ0) is 10.7. The molecular formula is C11H16N2OS. The first-order chi connectivity index (χ1) is 7.27. The van der Waals surface area contributed by atoms with Crippen molar-refractivity contribution < 1.29 is 4.79 Å². The fraction of sp³-hybridized carbons (Fsp3) is 0.545. The minimum atomic E-state index is 0.137. The van der Waals surface area contributed by atoms with Crippen LogP contribution in [0.25, 0.3) is 0 Å². The van der Waals surface area contributed by atoms with Gasteiger partial charge < -0.3 is 10.6 Å². The SMILES string of the molecule is CC(NC(=O)[C@H]1CCNC1)c1cccs1. The first-order valence-corrected chi connectivity index (χ1v) is 6.20. The number of thiophene rings is 1. The van der Waals surface area contributed by atoms with Crippen molar-refractivity contribution in [3.8, 4) is 0 Å². The number of hydrogen-bond acceptors (Lipinski definition) is 3. The average Bonchev–Trinajstić information content (AvgIpc) is 2.91. The molecule has 1 aliphatic heterocycles. The van der Waals surface area contributed by atoms with Crippen LogP contribution in [0.15, 0.2) is 17.5 Å². The van der Waals surface area contributed by atoms with Gasteiger partial charge in [0.05, 0.1) is 12.0 Å². The Labute approximate surface area is 93.9 Å². The summed E-state index contributed by atoms with van der Waals surface area (Å²) >= 11 is 1.69. The molecule has 2 N–H and O–H groups in total. The Morgan fingerprint density at radius 3 is 3.20 bits per heavy atom. The molecule has 0 aromatic carbocycles. The standard InChI is InChI=1S/C11H16N2OS/c1-8(10-3-2-6-15-10)13-11(14)9-4-5-12-7-9/h2-3,6,8-9,12H,4-5,7H2,1H3,(H,13,14)/t8?,9-/m0/s1. The summed E-state index contributed by atoms with van der Waals surface area (Å²) in [5.74, 6) is 0.341. The van der Waals surface area contributed by atoms with Crippen LogP contribution >= 0.6 is 11.3 Å². The second-order valence-electron chi connectivity index (χ2n) is 3.94. The smallest absolute Gasteiger partial charge is 0.224 e. The highest BCUT2D eigenvalue weighted by Crippen LogP contribution is 2.19. The molecule has 0 radical (unpaired) electrons. The van der Waals surface area contributed by atoms with Gasteiger partial charge in [-0.15, -0.1) is 11.3 Å². The van der Waals surface area contributed by atoms with Gasteiger partial charge in [0.15, 0.2) is 0 Å². The zero-order valence-corrected chi connectivity index (χ0v) is 9.64. The summed E-state index contributed by atoms with van der Waals surface area (Å²) in [5, 5.41) is 8.30. The molecule has 2 rings (SSSR count). The predicted octanol–water partition coefficient (Wildman–Crippen LogP) is 1.53. The summed E-state index contributed by atoms with van der Waals surface area (Å²) in [6, 6.07) is 4.21. The van der Waals surface area contributed by atoms with Gasteiger partial charge in [-0.2, -0.15) is 0 Å². The second-order valence-corrected chi connectivity index (χ2v) is 4.91. The lowest BCUT2D eigenvalue weighted by Crippen LogP contribution is -2.33. The fourth-order valence-corrected chi connectivity index (χ4v) is 2.55. The third kappa shape index (κ3) is 2.58. The van der Waals surface area contributed by atoms with E-state index in [0.717, 1.165) is 19.5 Å². The van der Waals surface area contributed by atoms with Crippen molar-refractivity contribution >= 4 is 17.2 Å². The van der Waals surface area contributed by atoms with Crippen LogP contribution in [-0.2, 0) is 4.79 Å². The molecule has 0 spiro atoms. The van der Waals surface area contributed by atoms with Crippen molar-refractivity contribution in [1.29, 1.82) is 0 Å². The Morgan fingerprint density at radius 1 is 1.73 bits per heavy atom. The van der Waals surface area contributed by atoms with E-state index in [1.54, 1.807) is 11.3 Å². The quantitative estimate of drug-likeness (QED) is 0.817. The first kappa shape index (κ1) is 10.6. The molecule has 82 valence electrons. The Hall–Kier alpha value is -0.870. The van der Waals surface area contributed by atoms with E-state index in [1.807, 2.05) is 18.4 Å². The van der Waals surface area contributed by atoms with Crippen molar-refractivity contribution in [1.82, 2.24) is 10.6 Å². The molecule has 3 nitrogen and oxygen atoms in total. The van der Waals surface area contributed by atoms with E-state index in [1.165, 1.54) is 4.88 Å². The Kier molecular flexibility index (Phi) is 3.38. The molecule has 0 bridgehead atoms. The first-order valence-electron chi connectivity index (χ1n) is 5.32. The third-order valence-electron chi connectivity index (χ3n) is 2.76. The molecule has 4 heteroatoms. The minimum absolute atomic E-state index is 0.137. The fourth-order valence-electron chi connectivity index (χ4n) is 1.82. The van der Waals surface area contributed by atoms with Crippen molar-refractivity contribution in [2.24, 2.45) is 5.92 Å². The maximum Gasteiger partial charge on any atom is 0.224 e. The molecule has 1 aromatic heterocycles. The summed E-state index contributed by atoms with van der Waals surface area (Å²) in [6.07, 6.45) is 0.961. The Bertz CT molecular complexity index is 317. The van der Waals surface area contributed by atoms with E-state index < -0.39 is 0 Å². The summed E-state index contributed by atoms with van der Waals surface area (Å²) in [4.78, 5) is 13.0. The van der Waals surface area contributed by atoms with Gasteiger partial charge >= 0.3 is 0 Å². The van der Waals surface area contributed by atoms with Gasteiger partial charge in [-0.05, 0) is 31.3 Å². The van der Waals surface area contributed by atoms with E-state index in [4.69, 9.17) is 0 Å². The van der Waals surface area contributed by atoms with Gasteiger partial charge in [0.2, 0.25) is 5.91 Å². The van der Waals surface area contributed by atoms with Crippen molar-refractivity contribution in [3.05, 3.63) is 22.4 Å². The molecule has 1 fully saturated rings. The molecule has 1 unspecified atom stereocenters. The summed E-state index contributed by atoms with van der Waals surface area (Å²) < 4.78 is 0. The number of nitrogens with one attached hydrogen (secondary N) is 2. The van der Waals surface area contributed by atoms with E-state index >= 15 is 0 Å². The average molecular weight is 224 g/mol. The van der Waals surface area contributed by atoms with E-state index in [2.05, 4.69) is 16.7 Å². The normalized spacial score (nSPS) is 22.6. The minimum Gasteiger partial charge on any atom is -0.348 e. The number of carbonyl (C=O) groups excluding carboxylic acids is 1. The molecular weight excluding hydrogens is 208 g/mol. The maximum atomic E-state index is 11.8. The molecule has 0 aliphatic carbocycles. The lowest BCUT2D eigenvalue weighted by atomic mass is 10.1. The van der Waals surface area contributed by atoms with Crippen LogP contribution in [-0.4, -0.2) is 19.0 Å². The number of rotatable bonds is 3. The van der Waals surface area contributed by atoms with Gasteiger partial charge in [0.1, 0.15) is 0 Å². The van der Waals surface area contributed by atoms with Gasteiger partial charge in [0, 0.05) is 11.4 Å². The highest BCUT2D eigenvalue weighted by atomic mass is 32.1. The van der Waals surface area contributed by atoms with Crippen LogP contribution < -0.4 is 10.6 Å². The summed E-state index contributed by atoms with van der Waals surface area (Å²) in [6.45, 7) is 3.82. The number of carbonyl (C=O) groups is 1. The van der Waals surface area contributed by atoms with Gasteiger partial charge in [-0.3, -0.25) is 4.79 Å². The van der Waals surface area contributed by atoms with Crippen LogP contribution in [0.2, 0.25) is 0 Å². The van der Waals surface area contributed by atoms with Gasteiger partial charge in [-0.25, -0.2) is 0 Å². The lowest BCUT2D eigenvalue weighted by molar-refractivity contribution is -0.125. The van der Waals surface area contributed by atoms with Gasteiger partial charge in [-0.1, -0.05) is 6.07 Å². The number of hydrogen-bond donors (Lipinski definition) is 2. The van der Waals surface area contributed by atoms with Crippen LogP contribution in [0, 0.1) is 5.92 Å². The third-order valence-corrected chi connectivity index (χ3v) is 3.81. The second kappa shape index (κ2) is 4.77. The molecule has 2 atom stereocenters. The van der Waals surface area contributed by atoms with Crippen molar-refractivity contribution in [2.45, 2.75) is 19.4 Å². The lowest BCUT2D eigenvalue weighted by Gasteiger charge is -2.15. The summed E-state index contributed by atoms with van der Waals surface area (Å²) in [7, 11) is 0. The topological polar surface area (TPSA) is 41.1 Å². The van der Waals surface area contributed by atoms with Gasteiger partial charge in [0.25, 0.3) is 0 Å². The molecule has 15 heavy (non-hydrogen) atoms. The molecule has 1 aromatic rings. The zero-order valence-electron chi connectivity index (χ0n) is 8.82. The monoisotopic (exact) mass is 224 g/mol. The van der Waals surface area contributed by atoms with E-state index in [-0.39, 0.29) is 17.9 Å². The van der Waals surface area contributed by atoms with E-state index in [0.29, 0.717) is 0 Å². The molecule has 1 amide bonds. The number of amides is 1. The molecule has 0 saturated carbocycles. The molecule has 1 aliphatic rings.